The SMILES string of the molecule is CCCCCc1c(-c2n[nH]c(C)c2CCCCC)n[nH]c1C. The molecule has 2 N–H and O–H groups in total. The minimum Gasteiger partial charge on any atom is -0.282 e. The molecule has 4 nitrogen and oxygen atoms in total. The lowest BCUT2D eigenvalue weighted by Crippen LogP contribution is -1.95. The molecule has 0 aromatic carbocycles. The number of nitrogens with zero attached hydrogens (tertiary/aromatic N) is 2. The van der Waals surface area contributed by atoms with E-state index >= 15 is 0 Å². The molecule has 2 aromatic heterocycles. The topological polar surface area (TPSA) is 57.4 Å². The smallest absolute Gasteiger partial charge is 0.116 e. The van der Waals surface area contributed by atoms with Gasteiger partial charge in [-0.3, -0.25) is 10.2 Å². The number of aromatic nitrogens is 4. The second-order valence-electron chi connectivity index (χ2n) is 6.27. The van der Waals surface area contributed by atoms with Gasteiger partial charge in [0.1, 0.15) is 11.4 Å². The van der Waals surface area contributed by atoms with Crippen LogP contribution in [-0.4, -0.2) is 20.4 Å². The van der Waals surface area contributed by atoms with Gasteiger partial charge >= 0.3 is 0 Å². The standard InChI is InChI=1S/C18H30N4/c1-5-7-9-11-15-13(3)19-21-17(15)18-16(12-10-8-6-2)14(4)20-22-18/h5-12H2,1-4H3,(H,19,21)(H,20,22). The quantitative estimate of drug-likeness (QED) is 0.648. The first kappa shape index (κ1) is 16.8. The Morgan fingerprint density at radius 2 is 1.09 bits per heavy atom. The summed E-state index contributed by atoms with van der Waals surface area (Å²) >= 11 is 0. The van der Waals surface area contributed by atoms with Gasteiger partial charge in [0.15, 0.2) is 0 Å². The fourth-order valence-corrected chi connectivity index (χ4v) is 3.01. The van der Waals surface area contributed by atoms with Crippen LogP contribution in [0.25, 0.3) is 11.4 Å². The first-order valence-electron chi connectivity index (χ1n) is 8.77. The molecule has 122 valence electrons. The Morgan fingerprint density at radius 3 is 1.45 bits per heavy atom. The van der Waals surface area contributed by atoms with Crippen LogP contribution in [-0.2, 0) is 12.8 Å². The predicted octanol–water partition coefficient (Wildman–Crippen LogP) is 4.88. The van der Waals surface area contributed by atoms with Crippen LogP contribution in [0, 0.1) is 13.8 Å². The highest BCUT2D eigenvalue weighted by Gasteiger charge is 2.19. The van der Waals surface area contributed by atoms with Crippen molar-refractivity contribution in [1.82, 2.24) is 20.4 Å². The molecule has 0 amide bonds. The minimum absolute atomic E-state index is 1.06. The number of nitrogens with one attached hydrogen (secondary N) is 2. The Hall–Kier alpha value is -1.58. The zero-order chi connectivity index (χ0) is 15.9. The zero-order valence-corrected chi connectivity index (χ0v) is 14.6. The highest BCUT2D eigenvalue weighted by molar-refractivity contribution is 5.64. The first-order valence-corrected chi connectivity index (χ1v) is 8.77. The van der Waals surface area contributed by atoms with Gasteiger partial charge in [0.05, 0.1) is 0 Å². The van der Waals surface area contributed by atoms with Crippen LogP contribution < -0.4 is 0 Å². The van der Waals surface area contributed by atoms with E-state index in [1.54, 1.807) is 0 Å². The summed E-state index contributed by atoms with van der Waals surface area (Å²) in [6.45, 7) is 8.72. The number of hydrogen-bond acceptors (Lipinski definition) is 2. The summed E-state index contributed by atoms with van der Waals surface area (Å²) in [5.41, 5.74) is 7.18. The molecule has 0 fully saturated rings. The Labute approximate surface area is 134 Å². The summed E-state index contributed by atoms with van der Waals surface area (Å²) in [7, 11) is 0. The number of aromatic amines is 2. The molecule has 0 radical (unpaired) electrons. The third kappa shape index (κ3) is 3.79. The van der Waals surface area contributed by atoms with Crippen LogP contribution >= 0.6 is 0 Å². The van der Waals surface area contributed by atoms with Crippen molar-refractivity contribution in [1.29, 1.82) is 0 Å². The molecule has 2 rings (SSSR count). The second-order valence-corrected chi connectivity index (χ2v) is 6.27. The van der Waals surface area contributed by atoms with Gasteiger partial charge in [-0.15, -0.1) is 0 Å². The van der Waals surface area contributed by atoms with Crippen LogP contribution in [0.15, 0.2) is 0 Å². The average Bonchev–Trinajstić information content (AvgIpc) is 3.04. The Kier molecular flexibility index (Phi) is 6.22. The van der Waals surface area contributed by atoms with E-state index in [2.05, 4.69) is 48.1 Å². The van der Waals surface area contributed by atoms with Gasteiger partial charge in [-0.1, -0.05) is 39.5 Å². The molecule has 22 heavy (non-hydrogen) atoms. The van der Waals surface area contributed by atoms with E-state index in [4.69, 9.17) is 0 Å². The van der Waals surface area contributed by atoms with E-state index in [1.165, 1.54) is 61.0 Å². The maximum Gasteiger partial charge on any atom is 0.116 e. The van der Waals surface area contributed by atoms with E-state index in [0.29, 0.717) is 0 Å². The molecule has 0 bridgehead atoms. The molecule has 2 aromatic rings. The Bertz CT molecular complexity index is 528. The van der Waals surface area contributed by atoms with Crippen molar-refractivity contribution < 1.29 is 0 Å². The van der Waals surface area contributed by atoms with Crippen molar-refractivity contribution in [3.05, 3.63) is 22.5 Å². The molecule has 0 atom stereocenters. The van der Waals surface area contributed by atoms with Crippen molar-refractivity contribution >= 4 is 0 Å². The summed E-state index contributed by atoms with van der Waals surface area (Å²) in [6, 6.07) is 0. The van der Waals surface area contributed by atoms with E-state index in [1.807, 2.05) is 0 Å². The Morgan fingerprint density at radius 1 is 0.682 bits per heavy atom. The molecular weight excluding hydrogens is 272 g/mol. The molecule has 0 spiro atoms. The van der Waals surface area contributed by atoms with E-state index < -0.39 is 0 Å². The maximum absolute atomic E-state index is 4.56. The molecule has 0 aliphatic heterocycles. The zero-order valence-electron chi connectivity index (χ0n) is 14.6. The lowest BCUT2D eigenvalue weighted by atomic mass is 9.99. The van der Waals surface area contributed by atoms with Gasteiger partial charge < -0.3 is 0 Å². The summed E-state index contributed by atoms with van der Waals surface area (Å²) in [5.74, 6) is 0. The summed E-state index contributed by atoms with van der Waals surface area (Å²) in [4.78, 5) is 0. The number of H-pyrrole nitrogens is 2. The third-order valence-electron chi connectivity index (χ3n) is 4.43. The van der Waals surface area contributed by atoms with Crippen molar-refractivity contribution in [2.24, 2.45) is 0 Å². The number of aryl methyl sites for hydroxylation is 2. The van der Waals surface area contributed by atoms with Gasteiger partial charge in [0, 0.05) is 22.5 Å². The molecular formula is C18H30N4. The third-order valence-corrected chi connectivity index (χ3v) is 4.43. The molecule has 0 unspecified atom stereocenters. The summed E-state index contributed by atoms with van der Waals surface area (Å²) in [5, 5.41) is 15.4. The van der Waals surface area contributed by atoms with Gasteiger partial charge in [-0.2, -0.15) is 10.2 Å². The fraction of sp³-hybridized carbons (Fsp3) is 0.667. The van der Waals surface area contributed by atoms with Gasteiger partial charge in [-0.05, 0) is 39.5 Å². The highest BCUT2D eigenvalue weighted by Crippen LogP contribution is 2.29. The molecule has 2 heterocycles. The van der Waals surface area contributed by atoms with Gasteiger partial charge in [0.2, 0.25) is 0 Å². The lowest BCUT2D eigenvalue weighted by Gasteiger charge is -2.05. The fourth-order valence-electron chi connectivity index (χ4n) is 3.01. The highest BCUT2D eigenvalue weighted by atomic mass is 15.2. The van der Waals surface area contributed by atoms with Crippen LogP contribution in [0.1, 0.15) is 74.9 Å². The van der Waals surface area contributed by atoms with Crippen LogP contribution in [0.3, 0.4) is 0 Å². The van der Waals surface area contributed by atoms with Crippen molar-refractivity contribution in [3.63, 3.8) is 0 Å². The molecule has 4 heteroatoms. The molecule has 0 aliphatic rings. The number of hydrogen-bond donors (Lipinski definition) is 2. The van der Waals surface area contributed by atoms with Crippen molar-refractivity contribution in [2.45, 2.75) is 79.1 Å². The monoisotopic (exact) mass is 302 g/mol. The predicted molar refractivity (Wildman–Crippen MR) is 92.1 cm³/mol. The Balaban J connectivity index is 2.24. The van der Waals surface area contributed by atoms with Crippen LogP contribution in [0.5, 0.6) is 0 Å². The maximum atomic E-state index is 4.56. The molecule has 0 saturated heterocycles. The van der Waals surface area contributed by atoms with E-state index in [-0.39, 0.29) is 0 Å². The lowest BCUT2D eigenvalue weighted by molar-refractivity contribution is 0.713. The van der Waals surface area contributed by atoms with E-state index in [0.717, 1.165) is 24.2 Å². The van der Waals surface area contributed by atoms with Gasteiger partial charge in [-0.25, -0.2) is 0 Å². The normalized spacial score (nSPS) is 11.3. The summed E-state index contributed by atoms with van der Waals surface area (Å²) in [6.07, 6.45) is 9.65. The largest absolute Gasteiger partial charge is 0.282 e. The average molecular weight is 302 g/mol. The van der Waals surface area contributed by atoms with Crippen LogP contribution in [0.4, 0.5) is 0 Å². The van der Waals surface area contributed by atoms with Crippen LogP contribution in [0.2, 0.25) is 0 Å². The molecule has 0 saturated carbocycles. The molecule has 0 aliphatic carbocycles. The number of rotatable bonds is 9. The number of unbranched alkanes of at least 4 members (excludes halogenated alkanes) is 4. The van der Waals surface area contributed by atoms with Gasteiger partial charge in [0.25, 0.3) is 0 Å². The van der Waals surface area contributed by atoms with Crippen molar-refractivity contribution in [3.8, 4) is 11.4 Å². The second kappa shape index (κ2) is 8.16. The van der Waals surface area contributed by atoms with Crippen molar-refractivity contribution in [2.75, 3.05) is 0 Å². The summed E-state index contributed by atoms with van der Waals surface area (Å²) < 4.78 is 0. The first-order chi connectivity index (χ1) is 10.7. The van der Waals surface area contributed by atoms with E-state index in [9.17, 15) is 0 Å². The minimum atomic E-state index is 1.06.